The summed E-state index contributed by atoms with van der Waals surface area (Å²) in [6, 6.07) is 0. The summed E-state index contributed by atoms with van der Waals surface area (Å²) in [5.74, 6) is 6.40. The monoisotopic (exact) mass is 472 g/mol. The summed E-state index contributed by atoms with van der Waals surface area (Å²) < 4.78 is 6.59. The Morgan fingerprint density at radius 1 is 0.939 bits per heavy atom. The van der Waals surface area contributed by atoms with Gasteiger partial charge in [0.2, 0.25) is 0 Å². The average molecular weight is 473 g/mol. The zero-order valence-electron chi connectivity index (χ0n) is 23.7. The van der Waals surface area contributed by atoms with Crippen LogP contribution in [0.1, 0.15) is 106 Å². The predicted molar refractivity (Wildman–Crippen MR) is 146 cm³/mol. The van der Waals surface area contributed by atoms with Crippen molar-refractivity contribution >= 4 is 8.32 Å². The fourth-order valence-electron chi connectivity index (χ4n) is 9.26. The molecule has 0 radical (unpaired) electrons. The molecular weight excluding hydrogens is 416 g/mol. The number of allylic oxidation sites excluding steroid dienone is 1. The number of fused-ring (bicyclic) bond motifs is 5. The van der Waals surface area contributed by atoms with Crippen molar-refractivity contribution in [2.45, 2.75) is 131 Å². The van der Waals surface area contributed by atoms with Crippen LogP contribution in [0.3, 0.4) is 0 Å². The van der Waals surface area contributed by atoms with Gasteiger partial charge in [-0.3, -0.25) is 0 Å². The van der Waals surface area contributed by atoms with E-state index in [1.165, 1.54) is 64.2 Å². The topological polar surface area (TPSA) is 9.23 Å². The Morgan fingerprint density at radius 2 is 1.67 bits per heavy atom. The van der Waals surface area contributed by atoms with Gasteiger partial charge in [0.05, 0.1) is 0 Å². The smallest absolute Gasteiger partial charge is 0.184 e. The second-order valence-electron chi connectivity index (χ2n) is 14.9. The molecule has 0 N–H and O–H groups in total. The van der Waals surface area contributed by atoms with Crippen LogP contribution in [0.2, 0.25) is 19.6 Å². The molecule has 0 saturated heterocycles. The maximum Gasteiger partial charge on any atom is 0.184 e. The number of hydrogen-bond acceptors (Lipinski definition) is 1. The zero-order valence-corrected chi connectivity index (χ0v) is 24.7. The van der Waals surface area contributed by atoms with E-state index in [1.807, 2.05) is 0 Å². The van der Waals surface area contributed by atoms with Crippen LogP contribution in [0.15, 0.2) is 11.6 Å². The van der Waals surface area contributed by atoms with Crippen LogP contribution in [-0.2, 0) is 4.43 Å². The van der Waals surface area contributed by atoms with Gasteiger partial charge in [0.15, 0.2) is 8.32 Å². The van der Waals surface area contributed by atoms with Crippen molar-refractivity contribution in [3.8, 4) is 0 Å². The Hall–Kier alpha value is -0.0831. The molecule has 4 rings (SSSR count). The highest BCUT2D eigenvalue weighted by Crippen LogP contribution is 2.67. The minimum absolute atomic E-state index is 0.458. The highest BCUT2D eigenvalue weighted by atomic mass is 28.4. The van der Waals surface area contributed by atoms with Gasteiger partial charge in [-0.1, -0.05) is 66.0 Å². The first-order valence-corrected chi connectivity index (χ1v) is 18.1. The summed E-state index contributed by atoms with van der Waals surface area (Å²) in [7, 11) is -1.45. The summed E-state index contributed by atoms with van der Waals surface area (Å²) in [4.78, 5) is 0. The van der Waals surface area contributed by atoms with Crippen LogP contribution in [0.5, 0.6) is 0 Å². The highest BCUT2D eigenvalue weighted by Gasteiger charge is 2.59. The molecule has 9 atom stereocenters. The van der Waals surface area contributed by atoms with Crippen molar-refractivity contribution in [2.24, 2.45) is 52.3 Å². The first-order valence-electron chi connectivity index (χ1n) is 14.7. The third-order valence-electron chi connectivity index (χ3n) is 11.6. The van der Waals surface area contributed by atoms with Crippen molar-refractivity contribution in [2.75, 3.05) is 0 Å². The van der Waals surface area contributed by atoms with E-state index in [4.69, 9.17) is 4.43 Å². The van der Waals surface area contributed by atoms with E-state index < -0.39 is 8.32 Å². The third-order valence-corrected chi connectivity index (χ3v) is 12.6. The van der Waals surface area contributed by atoms with Crippen molar-refractivity contribution < 1.29 is 4.43 Å². The van der Waals surface area contributed by atoms with Gasteiger partial charge in [0.1, 0.15) is 0 Å². The Kier molecular flexibility index (Phi) is 7.42. The predicted octanol–water partition coefficient (Wildman–Crippen LogP) is 9.49. The number of rotatable bonds is 7. The molecule has 1 unspecified atom stereocenters. The molecule has 0 amide bonds. The van der Waals surface area contributed by atoms with E-state index in [2.05, 4.69) is 67.3 Å². The Labute approximate surface area is 208 Å². The Morgan fingerprint density at radius 3 is 2.33 bits per heavy atom. The lowest BCUT2D eigenvalue weighted by atomic mass is 9.47. The molecule has 0 bridgehead atoms. The molecule has 0 aromatic carbocycles. The third kappa shape index (κ3) is 4.96. The van der Waals surface area contributed by atoms with Crippen molar-refractivity contribution in [3.05, 3.63) is 11.6 Å². The van der Waals surface area contributed by atoms with E-state index in [0.717, 1.165) is 41.4 Å². The second kappa shape index (κ2) is 9.42. The summed E-state index contributed by atoms with van der Waals surface area (Å²) in [5.41, 5.74) is 2.84. The van der Waals surface area contributed by atoms with Gasteiger partial charge in [0.25, 0.3) is 0 Å². The number of hydrogen-bond donors (Lipinski definition) is 0. The first kappa shape index (κ1) is 26.0. The molecular formula is C31H56OSi. The van der Waals surface area contributed by atoms with E-state index in [9.17, 15) is 0 Å². The van der Waals surface area contributed by atoms with Gasteiger partial charge in [-0.15, -0.1) is 0 Å². The minimum atomic E-state index is -1.45. The second-order valence-corrected chi connectivity index (χ2v) is 19.3. The quantitative estimate of drug-likeness (QED) is 0.265. The molecule has 0 aromatic rings. The fourth-order valence-corrected chi connectivity index (χ4v) is 10.5. The molecule has 190 valence electrons. The van der Waals surface area contributed by atoms with E-state index in [0.29, 0.717) is 16.9 Å². The van der Waals surface area contributed by atoms with Crippen molar-refractivity contribution in [1.82, 2.24) is 0 Å². The molecule has 3 saturated carbocycles. The highest BCUT2D eigenvalue weighted by molar-refractivity contribution is 6.69. The molecule has 0 heterocycles. The lowest BCUT2D eigenvalue weighted by molar-refractivity contribution is -0.0565. The minimum Gasteiger partial charge on any atom is -0.414 e. The molecule has 3 fully saturated rings. The molecule has 4 aliphatic carbocycles. The van der Waals surface area contributed by atoms with Gasteiger partial charge in [-0.25, -0.2) is 0 Å². The average Bonchev–Trinajstić information content (AvgIpc) is 3.08. The van der Waals surface area contributed by atoms with Crippen molar-refractivity contribution in [1.29, 1.82) is 0 Å². The van der Waals surface area contributed by atoms with Gasteiger partial charge >= 0.3 is 0 Å². The largest absolute Gasteiger partial charge is 0.414 e. The summed E-state index contributed by atoms with van der Waals surface area (Å²) in [6.07, 6.45) is 17.3. The van der Waals surface area contributed by atoms with Crippen LogP contribution < -0.4 is 0 Å². The molecule has 0 aromatic heterocycles. The maximum absolute atomic E-state index is 6.59. The van der Waals surface area contributed by atoms with Crippen LogP contribution in [0.4, 0.5) is 0 Å². The van der Waals surface area contributed by atoms with Crippen LogP contribution >= 0.6 is 0 Å². The Balaban J connectivity index is 1.46. The lowest BCUT2D eigenvalue weighted by Crippen LogP contribution is -2.51. The van der Waals surface area contributed by atoms with Crippen LogP contribution in [-0.4, -0.2) is 14.4 Å². The molecule has 2 heteroatoms. The summed E-state index contributed by atoms with van der Waals surface area (Å²) >= 11 is 0. The van der Waals surface area contributed by atoms with Crippen LogP contribution in [0.25, 0.3) is 0 Å². The normalized spacial score (nSPS) is 42.8. The first-order chi connectivity index (χ1) is 15.3. The van der Waals surface area contributed by atoms with E-state index >= 15 is 0 Å². The zero-order chi connectivity index (χ0) is 24.2. The lowest BCUT2D eigenvalue weighted by Gasteiger charge is -2.58. The maximum atomic E-state index is 6.59. The van der Waals surface area contributed by atoms with Crippen molar-refractivity contribution in [3.63, 3.8) is 0 Å². The standard InChI is InChI=1S/C31H56OSi/c1-21(2)22(3)10-11-23(4)27-14-15-28-26-13-12-24-20-25(32-33(7,8)9)16-18-30(24,5)29(26)17-19-31(27,28)6/h12,21-23,25-29H,10-11,13-20H2,1-9H3/t22-,23+,25?,26-,27+,28-,29-,30-,31+/m0/s1. The SMILES string of the molecule is CC(C)[C@@H](C)CC[C@@H](C)[C@H]1CC[C@H]2[C@@H]3CC=C4CC(O[Si](C)(C)C)CC[C@]4(C)[C@H]3CC[C@]12C. The van der Waals surface area contributed by atoms with Gasteiger partial charge in [-0.05, 0) is 123 Å². The summed E-state index contributed by atoms with van der Waals surface area (Å²) in [5, 5.41) is 0. The van der Waals surface area contributed by atoms with E-state index in [-0.39, 0.29) is 0 Å². The van der Waals surface area contributed by atoms with Gasteiger partial charge < -0.3 is 4.43 Å². The molecule has 1 nitrogen and oxygen atoms in total. The van der Waals surface area contributed by atoms with E-state index in [1.54, 1.807) is 5.57 Å². The fraction of sp³-hybridized carbons (Fsp3) is 0.935. The molecule has 0 aliphatic heterocycles. The Bertz CT molecular complexity index is 719. The van der Waals surface area contributed by atoms with Gasteiger partial charge in [-0.2, -0.15) is 0 Å². The van der Waals surface area contributed by atoms with Crippen LogP contribution in [0, 0.1) is 52.3 Å². The molecule has 4 aliphatic rings. The molecule has 33 heavy (non-hydrogen) atoms. The van der Waals surface area contributed by atoms with Gasteiger partial charge in [0, 0.05) is 6.10 Å². The molecule has 0 spiro atoms. The summed E-state index contributed by atoms with van der Waals surface area (Å²) in [6.45, 7) is 22.3.